The van der Waals surface area contributed by atoms with E-state index in [0.717, 1.165) is 4.57 Å². The Morgan fingerprint density at radius 1 is 1.38 bits per heavy atom. The fraction of sp³-hybridized carbons (Fsp3) is 0.125. The lowest BCUT2D eigenvalue weighted by Gasteiger charge is -2.00. The zero-order chi connectivity index (χ0) is 11.8. The largest absolute Gasteiger partial charge is 0.368 e. The van der Waals surface area contributed by atoms with Crippen molar-refractivity contribution in [2.75, 3.05) is 0 Å². The molecule has 8 heteroatoms. The molecule has 2 aromatic rings. The number of nitrogens with zero attached hydrogens (tertiary/aromatic N) is 4. The molecule has 2 rings (SSSR count). The van der Waals surface area contributed by atoms with Crippen LogP contribution >= 0.6 is 0 Å². The SMILES string of the molecule is Cn1c(-c2cccnc2)nnc1S(=O)(=O)F. The quantitative estimate of drug-likeness (QED) is 0.718. The lowest BCUT2D eigenvalue weighted by molar-refractivity contribution is 0.534. The molecule has 0 atom stereocenters. The van der Waals surface area contributed by atoms with Crippen molar-refractivity contribution >= 4 is 10.2 Å². The molecule has 16 heavy (non-hydrogen) atoms. The first-order valence-electron chi connectivity index (χ1n) is 4.24. The van der Waals surface area contributed by atoms with E-state index in [2.05, 4.69) is 15.2 Å². The predicted molar refractivity (Wildman–Crippen MR) is 52.5 cm³/mol. The van der Waals surface area contributed by atoms with Crippen LogP contribution in [0.3, 0.4) is 0 Å². The highest BCUT2D eigenvalue weighted by Crippen LogP contribution is 2.18. The van der Waals surface area contributed by atoms with Crippen LogP contribution in [-0.2, 0) is 17.3 Å². The van der Waals surface area contributed by atoms with Crippen molar-refractivity contribution in [1.82, 2.24) is 19.7 Å². The molecule has 84 valence electrons. The molecule has 0 aliphatic rings. The van der Waals surface area contributed by atoms with Crippen molar-refractivity contribution in [2.45, 2.75) is 5.16 Å². The second-order valence-electron chi connectivity index (χ2n) is 3.04. The van der Waals surface area contributed by atoms with E-state index >= 15 is 0 Å². The summed E-state index contributed by atoms with van der Waals surface area (Å²) >= 11 is 0. The Bertz CT molecular complexity index is 608. The smallest absolute Gasteiger partial charge is 0.299 e. The van der Waals surface area contributed by atoms with Crippen LogP contribution in [0.5, 0.6) is 0 Å². The van der Waals surface area contributed by atoms with Gasteiger partial charge in [0.2, 0.25) is 0 Å². The molecule has 0 saturated heterocycles. The highest BCUT2D eigenvalue weighted by Gasteiger charge is 2.22. The molecule has 0 aromatic carbocycles. The first-order valence-corrected chi connectivity index (χ1v) is 5.63. The number of pyridine rings is 1. The number of rotatable bonds is 2. The molecule has 0 amide bonds. The molecule has 2 heterocycles. The van der Waals surface area contributed by atoms with Crippen LogP contribution in [0.4, 0.5) is 3.89 Å². The number of hydrogen-bond acceptors (Lipinski definition) is 5. The molecule has 0 fully saturated rings. The topological polar surface area (TPSA) is 77.7 Å². The summed E-state index contributed by atoms with van der Waals surface area (Å²) in [5.41, 5.74) is 0.562. The first-order chi connectivity index (χ1) is 7.50. The molecule has 0 aliphatic heterocycles. The normalized spacial score (nSPS) is 11.6. The zero-order valence-corrected chi connectivity index (χ0v) is 9.02. The van der Waals surface area contributed by atoms with Gasteiger partial charge in [-0.05, 0) is 12.1 Å². The molecule has 2 aromatic heterocycles. The molecule has 0 N–H and O–H groups in total. The molecule has 0 saturated carbocycles. The van der Waals surface area contributed by atoms with Gasteiger partial charge in [-0.1, -0.05) is 3.89 Å². The Morgan fingerprint density at radius 3 is 2.62 bits per heavy atom. The lowest BCUT2D eigenvalue weighted by Crippen LogP contribution is -2.03. The molecule has 0 bridgehead atoms. The van der Waals surface area contributed by atoms with Crippen molar-refractivity contribution in [2.24, 2.45) is 7.05 Å². The molecule has 0 unspecified atom stereocenters. The Balaban J connectivity index is 2.59. The van der Waals surface area contributed by atoms with Gasteiger partial charge >= 0.3 is 10.2 Å². The van der Waals surface area contributed by atoms with Crippen LogP contribution in [0.1, 0.15) is 0 Å². The van der Waals surface area contributed by atoms with E-state index in [1.807, 2.05) is 0 Å². The summed E-state index contributed by atoms with van der Waals surface area (Å²) < 4.78 is 35.2. The average molecular weight is 242 g/mol. The monoisotopic (exact) mass is 242 g/mol. The second kappa shape index (κ2) is 3.63. The average Bonchev–Trinajstić information content (AvgIpc) is 2.61. The molecule has 6 nitrogen and oxygen atoms in total. The molecular formula is C8H7FN4O2S. The number of aromatic nitrogens is 4. The summed E-state index contributed by atoms with van der Waals surface area (Å²) in [7, 11) is -3.48. The van der Waals surface area contributed by atoms with Crippen molar-refractivity contribution < 1.29 is 12.3 Å². The number of halogens is 1. The van der Waals surface area contributed by atoms with Crippen molar-refractivity contribution in [1.29, 1.82) is 0 Å². The van der Waals surface area contributed by atoms with Gasteiger partial charge in [0.15, 0.2) is 5.82 Å². The van der Waals surface area contributed by atoms with Crippen LogP contribution in [0, 0.1) is 0 Å². The van der Waals surface area contributed by atoms with Gasteiger partial charge in [-0.25, -0.2) is 0 Å². The van der Waals surface area contributed by atoms with Crippen LogP contribution in [0.2, 0.25) is 0 Å². The van der Waals surface area contributed by atoms with Crippen molar-refractivity contribution in [3.05, 3.63) is 24.5 Å². The minimum absolute atomic E-state index is 0.240. The van der Waals surface area contributed by atoms with Crippen LogP contribution in [-0.4, -0.2) is 28.2 Å². The van der Waals surface area contributed by atoms with E-state index in [1.165, 1.54) is 13.2 Å². The summed E-state index contributed by atoms with van der Waals surface area (Å²) in [5, 5.41) is 6.18. The summed E-state index contributed by atoms with van der Waals surface area (Å²) in [6.45, 7) is 0. The van der Waals surface area contributed by atoms with Crippen LogP contribution < -0.4 is 0 Å². The minimum Gasteiger partial charge on any atom is -0.299 e. The highest BCUT2D eigenvalue weighted by molar-refractivity contribution is 7.86. The first kappa shape index (κ1) is 10.7. The predicted octanol–water partition coefficient (Wildman–Crippen LogP) is 0.535. The maximum atomic E-state index is 12.7. The zero-order valence-electron chi connectivity index (χ0n) is 8.20. The van der Waals surface area contributed by atoms with Gasteiger partial charge in [-0.15, -0.1) is 10.2 Å². The summed E-state index contributed by atoms with van der Waals surface area (Å²) in [6.07, 6.45) is 3.05. The standard InChI is InChI=1S/C8H7FN4O2S/c1-13-7(6-3-2-4-10-5-6)11-12-8(13)16(9,14)15/h2-5H,1H3. The summed E-state index contributed by atoms with van der Waals surface area (Å²) in [6, 6.07) is 3.33. The fourth-order valence-electron chi connectivity index (χ4n) is 1.27. The van der Waals surface area contributed by atoms with Gasteiger partial charge < -0.3 is 0 Å². The van der Waals surface area contributed by atoms with Crippen molar-refractivity contribution in [3.63, 3.8) is 0 Å². The van der Waals surface area contributed by atoms with Crippen LogP contribution in [0.25, 0.3) is 11.4 Å². The van der Waals surface area contributed by atoms with E-state index in [-0.39, 0.29) is 5.82 Å². The van der Waals surface area contributed by atoms with Gasteiger partial charge in [0, 0.05) is 25.0 Å². The van der Waals surface area contributed by atoms with E-state index in [9.17, 15) is 12.3 Å². The van der Waals surface area contributed by atoms with Gasteiger partial charge in [0.1, 0.15) is 0 Å². The molecule has 0 aliphatic carbocycles. The van der Waals surface area contributed by atoms with Crippen molar-refractivity contribution in [3.8, 4) is 11.4 Å². The fourth-order valence-corrected chi connectivity index (χ4v) is 1.83. The Kier molecular flexibility index (Phi) is 2.43. The minimum atomic E-state index is -4.85. The Morgan fingerprint density at radius 2 is 2.12 bits per heavy atom. The maximum Gasteiger partial charge on any atom is 0.368 e. The molecule has 0 radical (unpaired) electrons. The summed E-state index contributed by atoms with van der Waals surface area (Å²) in [5.74, 6) is 0.240. The third-order valence-electron chi connectivity index (χ3n) is 1.97. The highest BCUT2D eigenvalue weighted by atomic mass is 32.3. The lowest BCUT2D eigenvalue weighted by atomic mass is 10.3. The van der Waals surface area contributed by atoms with E-state index in [4.69, 9.17) is 0 Å². The van der Waals surface area contributed by atoms with Gasteiger partial charge in [0.05, 0.1) is 0 Å². The van der Waals surface area contributed by atoms with E-state index in [0.29, 0.717) is 5.56 Å². The van der Waals surface area contributed by atoms with E-state index < -0.39 is 15.4 Å². The third kappa shape index (κ3) is 1.78. The second-order valence-corrected chi connectivity index (χ2v) is 4.29. The van der Waals surface area contributed by atoms with E-state index in [1.54, 1.807) is 18.3 Å². The number of hydrogen-bond donors (Lipinski definition) is 0. The maximum absolute atomic E-state index is 12.7. The van der Waals surface area contributed by atoms with Crippen LogP contribution in [0.15, 0.2) is 29.7 Å². The Labute approximate surface area is 91.0 Å². The van der Waals surface area contributed by atoms with Gasteiger partial charge in [-0.2, -0.15) is 8.42 Å². The van der Waals surface area contributed by atoms with Gasteiger partial charge in [0.25, 0.3) is 5.16 Å². The Hall–Kier alpha value is -1.83. The molecular weight excluding hydrogens is 235 g/mol. The molecule has 0 spiro atoms. The van der Waals surface area contributed by atoms with Gasteiger partial charge in [-0.3, -0.25) is 9.55 Å². The third-order valence-corrected chi connectivity index (χ3v) is 2.76. The summed E-state index contributed by atoms with van der Waals surface area (Å²) in [4.78, 5) is 3.85.